The van der Waals surface area contributed by atoms with Crippen LogP contribution in [0.1, 0.15) is 46.5 Å². The predicted octanol–water partition coefficient (Wildman–Crippen LogP) is 2.02. The minimum atomic E-state index is -0.400. The van der Waals surface area contributed by atoms with Crippen molar-refractivity contribution in [2.24, 2.45) is 0 Å². The van der Waals surface area contributed by atoms with Gasteiger partial charge in [0.15, 0.2) is 0 Å². The summed E-state index contributed by atoms with van der Waals surface area (Å²) in [6, 6.07) is 0.732. The number of hydrogen-bond acceptors (Lipinski definition) is 2. The third-order valence-corrected chi connectivity index (χ3v) is 3.33. The second kappa shape index (κ2) is 4.43. The van der Waals surface area contributed by atoms with Crippen molar-refractivity contribution in [2.45, 2.75) is 58.1 Å². The zero-order chi connectivity index (χ0) is 9.90. The Labute approximate surface area is 81.9 Å². The lowest BCUT2D eigenvalue weighted by molar-refractivity contribution is -0.0174. The van der Waals surface area contributed by atoms with Crippen molar-refractivity contribution >= 4 is 0 Å². The van der Waals surface area contributed by atoms with Gasteiger partial charge in [-0.2, -0.15) is 0 Å². The van der Waals surface area contributed by atoms with E-state index in [-0.39, 0.29) is 0 Å². The average molecular weight is 185 g/mol. The van der Waals surface area contributed by atoms with Gasteiger partial charge in [-0.15, -0.1) is 0 Å². The molecule has 0 aromatic heterocycles. The molecule has 1 fully saturated rings. The smallest absolute Gasteiger partial charge is 0.0644 e. The summed E-state index contributed by atoms with van der Waals surface area (Å²) >= 11 is 0. The Morgan fingerprint density at radius 2 is 1.69 bits per heavy atom. The Hall–Kier alpha value is -0.0800. The van der Waals surface area contributed by atoms with Crippen LogP contribution < -0.4 is 0 Å². The maximum absolute atomic E-state index is 9.79. The monoisotopic (exact) mass is 185 g/mol. The molecule has 0 atom stereocenters. The minimum absolute atomic E-state index is 0.400. The van der Waals surface area contributed by atoms with Gasteiger partial charge in [0.25, 0.3) is 0 Å². The third-order valence-electron chi connectivity index (χ3n) is 3.33. The Morgan fingerprint density at radius 1 is 1.23 bits per heavy atom. The molecule has 0 aromatic carbocycles. The SMILES string of the molecule is CCC(CC)N1CCC(C)(O)CC1. The van der Waals surface area contributed by atoms with Gasteiger partial charge in [-0.25, -0.2) is 0 Å². The maximum atomic E-state index is 9.79. The van der Waals surface area contributed by atoms with Crippen LogP contribution in [0.4, 0.5) is 0 Å². The highest BCUT2D eigenvalue weighted by molar-refractivity contribution is 4.84. The Morgan fingerprint density at radius 3 is 2.08 bits per heavy atom. The van der Waals surface area contributed by atoms with Crippen LogP contribution in [-0.4, -0.2) is 34.7 Å². The summed E-state index contributed by atoms with van der Waals surface area (Å²) in [5, 5.41) is 9.79. The zero-order valence-electron chi connectivity index (χ0n) is 9.21. The van der Waals surface area contributed by atoms with Crippen LogP contribution in [0.2, 0.25) is 0 Å². The van der Waals surface area contributed by atoms with Crippen molar-refractivity contribution in [2.75, 3.05) is 13.1 Å². The lowest BCUT2D eigenvalue weighted by Gasteiger charge is -2.39. The molecule has 1 heterocycles. The first kappa shape index (κ1) is 11.0. The van der Waals surface area contributed by atoms with Crippen LogP contribution in [-0.2, 0) is 0 Å². The van der Waals surface area contributed by atoms with Crippen molar-refractivity contribution in [1.29, 1.82) is 0 Å². The highest BCUT2D eigenvalue weighted by atomic mass is 16.3. The molecular formula is C11H23NO. The summed E-state index contributed by atoms with van der Waals surface area (Å²) in [6.07, 6.45) is 4.34. The first-order valence-corrected chi connectivity index (χ1v) is 5.55. The minimum Gasteiger partial charge on any atom is -0.390 e. The Balaban J connectivity index is 2.39. The van der Waals surface area contributed by atoms with Crippen molar-refractivity contribution in [3.8, 4) is 0 Å². The van der Waals surface area contributed by atoms with Gasteiger partial charge < -0.3 is 10.0 Å². The van der Waals surface area contributed by atoms with E-state index in [1.807, 2.05) is 6.92 Å². The average Bonchev–Trinajstić information content (AvgIpc) is 2.09. The normalized spacial score (nSPS) is 23.8. The van der Waals surface area contributed by atoms with Crippen molar-refractivity contribution in [3.63, 3.8) is 0 Å². The van der Waals surface area contributed by atoms with Crippen molar-refractivity contribution in [1.82, 2.24) is 4.90 Å². The largest absolute Gasteiger partial charge is 0.390 e. The fourth-order valence-corrected chi connectivity index (χ4v) is 2.18. The molecule has 1 aliphatic heterocycles. The summed E-state index contributed by atoms with van der Waals surface area (Å²) in [5.41, 5.74) is -0.400. The van der Waals surface area contributed by atoms with E-state index in [1.54, 1.807) is 0 Å². The van der Waals surface area contributed by atoms with Gasteiger partial charge in [-0.3, -0.25) is 0 Å². The van der Waals surface area contributed by atoms with E-state index < -0.39 is 5.60 Å². The van der Waals surface area contributed by atoms with Gasteiger partial charge >= 0.3 is 0 Å². The number of hydrogen-bond donors (Lipinski definition) is 1. The lowest BCUT2D eigenvalue weighted by Crippen LogP contribution is -2.46. The molecule has 0 unspecified atom stereocenters. The van der Waals surface area contributed by atoms with Gasteiger partial charge in [-0.1, -0.05) is 13.8 Å². The van der Waals surface area contributed by atoms with Gasteiger partial charge in [0.1, 0.15) is 0 Å². The summed E-state index contributed by atoms with van der Waals surface area (Å²) in [6.45, 7) is 8.60. The van der Waals surface area contributed by atoms with Crippen LogP contribution in [0.3, 0.4) is 0 Å². The fraction of sp³-hybridized carbons (Fsp3) is 1.00. The second-order valence-corrected chi connectivity index (χ2v) is 4.50. The molecule has 1 rings (SSSR count). The molecule has 0 bridgehead atoms. The third kappa shape index (κ3) is 2.96. The highest BCUT2D eigenvalue weighted by Gasteiger charge is 2.29. The number of likely N-dealkylation sites (tertiary alicyclic amines) is 1. The summed E-state index contributed by atoms with van der Waals surface area (Å²) in [4.78, 5) is 2.53. The molecule has 13 heavy (non-hydrogen) atoms. The summed E-state index contributed by atoms with van der Waals surface area (Å²) in [5.74, 6) is 0. The van der Waals surface area contributed by atoms with Gasteiger partial charge in [-0.05, 0) is 32.6 Å². The van der Waals surface area contributed by atoms with Crippen molar-refractivity contribution in [3.05, 3.63) is 0 Å². The zero-order valence-corrected chi connectivity index (χ0v) is 9.21. The number of rotatable bonds is 3. The molecule has 0 saturated carbocycles. The molecule has 1 saturated heterocycles. The molecule has 1 aliphatic rings. The molecule has 2 nitrogen and oxygen atoms in total. The summed E-state index contributed by atoms with van der Waals surface area (Å²) < 4.78 is 0. The predicted molar refractivity (Wildman–Crippen MR) is 55.8 cm³/mol. The van der Waals surface area contributed by atoms with Gasteiger partial charge in [0.05, 0.1) is 5.60 Å². The maximum Gasteiger partial charge on any atom is 0.0644 e. The van der Waals surface area contributed by atoms with E-state index in [0.717, 1.165) is 32.0 Å². The van der Waals surface area contributed by atoms with Crippen LogP contribution in [0.15, 0.2) is 0 Å². The molecule has 0 radical (unpaired) electrons. The first-order chi connectivity index (χ1) is 6.09. The quantitative estimate of drug-likeness (QED) is 0.727. The highest BCUT2D eigenvalue weighted by Crippen LogP contribution is 2.23. The molecule has 1 N–H and O–H groups in total. The number of piperidine rings is 1. The lowest BCUT2D eigenvalue weighted by atomic mass is 9.92. The fourth-order valence-electron chi connectivity index (χ4n) is 2.18. The molecule has 0 aliphatic carbocycles. The Bertz CT molecular complexity index is 142. The molecule has 0 spiro atoms. The van der Waals surface area contributed by atoms with E-state index >= 15 is 0 Å². The van der Waals surface area contributed by atoms with Crippen LogP contribution in [0.25, 0.3) is 0 Å². The molecule has 78 valence electrons. The van der Waals surface area contributed by atoms with E-state index in [1.165, 1.54) is 12.8 Å². The van der Waals surface area contributed by atoms with Gasteiger partial charge in [0.2, 0.25) is 0 Å². The summed E-state index contributed by atoms with van der Waals surface area (Å²) in [7, 11) is 0. The van der Waals surface area contributed by atoms with Crippen LogP contribution in [0, 0.1) is 0 Å². The molecular weight excluding hydrogens is 162 g/mol. The van der Waals surface area contributed by atoms with Crippen LogP contribution >= 0.6 is 0 Å². The van der Waals surface area contributed by atoms with E-state index in [0.29, 0.717) is 0 Å². The first-order valence-electron chi connectivity index (χ1n) is 5.55. The topological polar surface area (TPSA) is 23.5 Å². The molecule has 0 aromatic rings. The van der Waals surface area contributed by atoms with Crippen molar-refractivity contribution < 1.29 is 5.11 Å². The molecule has 2 heteroatoms. The Kier molecular flexibility index (Phi) is 3.74. The second-order valence-electron chi connectivity index (χ2n) is 4.50. The standard InChI is InChI=1S/C11H23NO/c1-4-10(5-2)12-8-6-11(3,13)7-9-12/h10,13H,4-9H2,1-3H3. The van der Waals surface area contributed by atoms with E-state index in [9.17, 15) is 5.11 Å². The van der Waals surface area contributed by atoms with E-state index in [2.05, 4.69) is 18.7 Å². The number of nitrogens with zero attached hydrogens (tertiary/aromatic N) is 1. The van der Waals surface area contributed by atoms with Crippen LogP contribution in [0.5, 0.6) is 0 Å². The molecule has 0 amide bonds. The van der Waals surface area contributed by atoms with Gasteiger partial charge in [0, 0.05) is 19.1 Å². The number of aliphatic hydroxyl groups is 1. The van der Waals surface area contributed by atoms with E-state index in [4.69, 9.17) is 0 Å².